The van der Waals surface area contributed by atoms with Crippen molar-refractivity contribution in [3.63, 3.8) is 0 Å². The summed E-state index contributed by atoms with van der Waals surface area (Å²) in [5.74, 6) is 4.30. The number of hydrogen-bond donors (Lipinski definition) is 4. The summed E-state index contributed by atoms with van der Waals surface area (Å²) in [6.45, 7) is -2.87. The number of alkyl halides is 2. The van der Waals surface area contributed by atoms with Crippen molar-refractivity contribution in [1.29, 1.82) is 0 Å². The van der Waals surface area contributed by atoms with Crippen LogP contribution in [0.1, 0.15) is 5.56 Å². The van der Waals surface area contributed by atoms with E-state index in [2.05, 4.69) is 10.2 Å². The number of thioether (sulfide) groups is 1. The summed E-state index contributed by atoms with van der Waals surface area (Å²) in [5, 5.41) is 8.84. The molecule has 6 N–H and O–H groups in total. The lowest BCUT2D eigenvalue weighted by Gasteiger charge is -2.09. The maximum Gasteiger partial charge on any atom is 0.387 e. The first-order chi connectivity index (χ1) is 9.43. The molecule has 0 atom stereocenters. The minimum absolute atomic E-state index is 0.0477. The van der Waals surface area contributed by atoms with Crippen LogP contribution in [0.4, 0.5) is 8.78 Å². The SMILES string of the molecule is NN/C(SCc1ccc(OC(F)F)cc1)=C(\N)C(=O)O. The zero-order valence-electron chi connectivity index (χ0n) is 10.2. The molecule has 6 nitrogen and oxygen atoms in total. The number of aliphatic carboxylic acids is 1. The van der Waals surface area contributed by atoms with Gasteiger partial charge in [0.15, 0.2) is 0 Å². The summed E-state index contributed by atoms with van der Waals surface area (Å²) in [4.78, 5) is 10.7. The Hall–Kier alpha value is -2.00. The molecule has 0 aromatic heterocycles. The van der Waals surface area contributed by atoms with Gasteiger partial charge < -0.3 is 21.0 Å². The zero-order valence-corrected chi connectivity index (χ0v) is 11.0. The van der Waals surface area contributed by atoms with Crippen LogP contribution in [0.15, 0.2) is 35.0 Å². The molecular weight excluding hydrogens is 292 g/mol. The standard InChI is InChI=1S/C11H13F2N3O3S/c12-11(13)19-7-3-1-6(2-4-7)5-20-9(16-15)8(14)10(17)18/h1-4,11,16H,5,14-15H2,(H,17,18)/b9-8+. The number of benzene rings is 1. The molecule has 0 saturated heterocycles. The Morgan fingerprint density at radius 3 is 2.45 bits per heavy atom. The number of carboxylic acid groups (broad SMARTS) is 1. The third-order valence-electron chi connectivity index (χ3n) is 2.14. The molecule has 110 valence electrons. The predicted octanol–water partition coefficient (Wildman–Crippen LogP) is 1.20. The molecule has 0 aliphatic heterocycles. The van der Waals surface area contributed by atoms with Gasteiger partial charge >= 0.3 is 12.6 Å². The van der Waals surface area contributed by atoms with Gasteiger partial charge in [-0.25, -0.2) is 10.6 Å². The van der Waals surface area contributed by atoms with Crippen molar-refractivity contribution >= 4 is 17.7 Å². The first-order valence-electron chi connectivity index (χ1n) is 5.30. The van der Waals surface area contributed by atoms with E-state index in [1.54, 1.807) is 12.1 Å². The Morgan fingerprint density at radius 2 is 2.00 bits per heavy atom. The maximum atomic E-state index is 12.0. The van der Waals surface area contributed by atoms with E-state index in [-0.39, 0.29) is 10.8 Å². The largest absolute Gasteiger partial charge is 0.477 e. The van der Waals surface area contributed by atoms with Gasteiger partial charge in [0.25, 0.3) is 0 Å². The van der Waals surface area contributed by atoms with Crippen LogP contribution >= 0.6 is 11.8 Å². The number of carboxylic acids is 1. The van der Waals surface area contributed by atoms with Crippen molar-refractivity contribution in [2.24, 2.45) is 11.6 Å². The lowest BCUT2D eigenvalue weighted by Crippen LogP contribution is -2.26. The molecule has 0 radical (unpaired) electrons. The van der Waals surface area contributed by atoms with Gasteiger partial charge in [-0.15, -0.1) is 11.8 Å². The Balaban J connectivity index is 2.65. The quantitative estimate of drug-likeness (QED) is 0.340. The van der Waals surface area contributed by atoms with E-state index < -0.39 is 18.3 Å². The molecule has 1 aromatic carbocycles. The number of nitrogens with one attached hydrogen (secondary N) is 1. The molecule has 0 aliphatic carbocycles. The highest BCUT2D eigenvalue weighted by atomic mass is 32.2. The number of halogens is 2. The van der Waals surface area contributed by atoms with Crippen molar-refractivity contribution < 1.29 is 23.4 Å². The summed E-state index contributed by atoms with van der Waals surface area (Å²) in [6.07, 6.45) is 0. The van der Waals surface area contributed by atoms with Crippen LogP contribution in [0.2, 0.25) is 0 Å². The Bertz CT molecular complexity index is 494. The van der Waals surface area contributed by atoms with E-state index in [9.17, 15) is 13.6 Å². The van der Waals surface area contributed by atoms with E-state index in [0.29, 0.717) is 5.75 Å². The molecule has 0 saturated carbocycles. The minimum Gasteiger partial charge on any atom is -0.477 e. The number of rotatable bonds is 7. The van der Waals surface area contributed by atoms with E-state index in [4.69, 9.17) is 16.7 Å². The molecule has 0 amide bonds. The van der Waals surface area contributed by atoms with Gasteiger partial charge in [-0.2, -0.15) is 8.78 Å². The highest BCUT2D eigenvalue weighted by Gasteiger charge is 2.10. The molecule has 1 rings (SSSR count). The molecule has 1 aromatic rings. The normalized spacial score (nSPS) is 12.0. The van der Waals surface area contributed by atoms with E-state index in [0.717, 1.165) is 17.3 Å². The van der Waals surface area contributed by atoms with E-state index in [1.165, 1.54) is 12.1 Å². The smallest absolute Gasteiger partial charge is 0.387 e. The number of carbonyl (C=O) groups is 1. The van der Waals surface area contributed by atoms with Crippen LogP contribution in [-0.4, -0.2) is 17.7 Å². The van der Waals surface area contributed by atoms with Crippen molar-refractivity contribution in [2.45, 2.75) is 12.4 Å². The summed E-state index contributed by atoms with van der Waals surface area (Å²) in [7, 11) is 0. The second-order valence-corrected chi connectivity index (χ2v) is 4.49. The lowest BCUT2D eigenvalue weighted by molar-refractivity contribution is -0.132. The molecule has 9 heteroatoms. The average Bonchev–Trinajstić information content (AvgIpc) is 2.40. The van der Waals surface area contributed by atoms with Crippen LogP contribution in [0.3, 0.4) is 0 Å². The molecule has 20 heavy (non-hydrogen) atoms. The highest BCUT2D eigenvalue weighted by molar-refractivity contribution is 8.02. The summed E-state index contributed by atoms with van der Waals surface area (Å²) in [6, 6.07) is 5.94. The Labute approximate surface area is 117 Å². The van der Waals surface area contributed by atoms with Crippen LogP contribution < -0.4 is 21.7 Å². The molecule has 0 unspecified atom stereocenters. The van der Waals surface area contributed by atoms with Crippen molar-refractivity contribution in [1.82, 2.24) is 5.43 Å². The van der Waals surface area contributed by atoms with Gasteiger partial charge in [0.1, 0.15) is 16.5 Å². The van der Waals surface area contributed by atoms with Gasteiger partial charge in [0, 0.05) is 5.75 Å². The highest BCUT2D eigenvalue weighted by Crippen LogP contribution is 2.22. The first-order valence-corrected chi connectivity index (χ1v) is 6.28. The van der Waals surface area contributed by atoms with Gasteiger partial charge in [-0.1, -0.05) is 12.1 Å². The molecule has 0 bridgehead atoms. The Kier molecular flexibility index (Phi) is 6.07. The summed E-state index contributed by atoms with van der Waals surface area (Å²) < 4.78 is 28.1. The second-order valence-electron chi connectivity index (χ2n) is 3.50. The third-order valence-corrected chi connectivity index (χ3v) is 3.24. The van der Waals surface area contributed by atoms with E-state index >= 15 is 0 Å². The lowest BCUT2D eigenvalue weighted by atomic mass is 10.2. The molecule has 0 spiro atoms. The fraction of sp³-hybridized carbons (Fsp3) is 0.182. The topological polar surface area (TPSA) is 111 Å². The fourth-order valence-electron chi connectivity index (χ4n) is 1.22. The zero-order chi connectivity index (χ0) is 15.1. The first kappa shape index (κ1) is 16.1. The Morgan fingerprint density at radius 1 is 1.40 bits per heavy atom. The monoisotopic (exact) mass is 305 g/mol. The fourth-order valence-corrected chi connectivity index (χ4v) is 2.05. The van der Waals surface area contributed by atoms with Gasteiger partial charge in [-0.05, 0) is 17.7 Å². The maximum absolute atomic E-state index is 12.0. The van der Waals surface area contributed by atoms with Gasteiger partial charge in [-0.3, -0.25) is 0 Å². The number of ether oxygens (including phenoxy) is 1. The summed E-state index contributed by atoms with van der Waals surface area (Å²) >= 11 is 1.08. The molecule has 0 fully saturated rings. The molecule has 0 heterocycles. The molecular formula is C11H13F2N3O3S. The van der Waals surface area contributed by atoms with Crippen LogP contribution in [0.25, 0.3) is 0 Å². The number of nitrogens with two attached hydrogens (primary N) is 2. The van der Waals surface area contributed by atoms with Crippen LogP contribution in [0.5, 0.6) is 5.75 Å². The van der Waals surface area contributed by atoms with Gasteiger partial charge in [0.05, 0.1) is 0 Å². The van der Waals surface area contributed by atoms with Crippen LogP contribution in [-0.2, 0) is 10.5 Å². The van der Waals surface area contributed by atoms with Crippen LogP contribution in [0, 0.1) is 0 Å². The number of hydrazine groups is 1. The van der Waals surface area contributed by atoms with Crippen molar-refractivity contribution in [3.8, 4) is 5.75 Å². The average molecular weight is 305 g/mol. The predicted molar refractivity (Wildman–Crippen MR) is 70.5 cm³/mol. The van der Waals surface area contributed by atoms with E-state index in [1.807, 2.05) is 0 Å². The third kappa shape index (κ3) is 4.94. The number of hydrogen-bond acceptors (Lipinski definition) is 6. The second kappa shape index (κ2) is 7.56. The van der Waals surface area contributed by atoms with Crippen molar-refractivity contribution in [3.05, 3.63) is 40.6 Å². The van der Waals surface area contributed by atoms with Crippen molar-refractivity contribution in [2.75, 3.05) is 0 Å². The van der Waals surface area contributed by atoms with Gasteiger partial charge in [0.2, 0.25) is 0 Å². The summed E-state index contributed by atoms with van der Waals surface area (Å²) in [5.41, 5.74) is 7.90. The minimum atomic E-state index is -2.87. The molecule has 0 aliphatic rings.